The first kappa shape index (κ1) is 11.5. The molecule has 0 aromatic carbocycles. The summed E-state index contributed by atoms with van der Waals surface area (Å²) in [6.07, 6.45) is 0.323. The van der Waals surface area contributed by atoms with Crippen LogP contribution in [0.1, 0.15) is 17.3 Å². The number of hydrogen-bond acceptors (Lipinski definition) is 3. The van der Waals surface area contributed by atoms with Crippen LogP contribution in [0.25, 0.3) is 0 Å². The van der Waals surface area contributed by atoms with E-state index in [1.165, 1.54) is 16.2 Å². The Morgan fingerprint density at radius 2 is 2.29 bits per heavy atom. The van der Waals surface area contributed by atoms with Crippen LogP contribution in [0.15, 0.2) is 12.1 Å². The van der Waals surface area contributed by atoms with Crippen molar-refractivity contribution >= 4 is 28.8 Å². The predicted molar refractivity (Wildman–Crippen MR) is 59.6 cm³/mol. The van der Waals surface area contributed by atoms with Crippen LogP contribution in [-0.2, 0) is 4.79 Å². The molecule has 0 aliphatic heterocycles. The second kappa shape index (κ2) is 4.77. The molecule has 0 spiro atoms. The molecule has 0 aliphatic carbocycles. The first-order valence-electron chi connectivity index (χ1n) is 4.21. The SMILES string of the molecule is CN(C)C(=O)CC(N)c1ccc(Cl)s1. The molecule has 1 amide bonds. The number of carbonyl (C=O) groups is 1. The highest BCUT2D eigenvalue weighted by Crippen LogP contribution is 2.27. The van der Waals surface area contributed by atoms with Gasteiger partial charge in [0.25, 0.3) is 0 Å². The van der Waals surface area contributed by atoms with E-state index in [0.29, 0.717) is 10.8 Å². The van der Waals surface area contributed by atoms with Gasteiger partial charge in [0.05, 0.1) is 4.34 Å². The maximum Gasteiger partial charge on any atom is 0.223 e. The second-order valence-electron chi connectivity index (χ2n) is 3.24. The highest BCUT2D eigenvalue weighted by Gasteiger charge is 2.14. The van der Waals surface area contributed by atoms with Crippen LogP contribution >= 0.6 is 22.9 Å². The monoisotopic (exact) mass is 232 g/mol. The summed E-state index contributed by atoms with van der Waals surface area (Å²) >= 11 is 7.19. The summed E-state index contributed by atoms with van der Waals surface area (Å²) < 4.78 is 0.702. The van der Waals surface area contributed by atoms with Crippen molar-refractivity contribution in [1.29, 1.82) is 0 Å². The lowest BCUT2D eigenvalue weighted by Gasteiger charge is -2.13. The molecule has 0 saturated heterocycles. The summed E-state index contributed by atoms with van der Waals surface area (Å²) in [4.78, 5) is 13.8. The van der Waals surface area contributed by atoms with Crippen LogP contribution < -0.4 is 5.73 Å². The highest BCUT2D eigenvalue weighted by molar-refractivity contribution is 7.16. The second-order valence-corrected chi connectivity index (χ2v) is 4.99. The van der Waals surface area contributed by atoms with E-state index >= 15 is 0 Å². The average molecular weight is 233 g/mol. The Labute approximate surface area is 92.5 Å². The van der Waals surface area contributed by atoms with Crippen molar-refractivity contribution in [2.45, 2.75) is 12.5 Å². The predicted octanol–water partition coefficient (Wildman–Crippen LogP) is 1.88. The standard InChI is InChI=1S/C9H13ClN2OS/c1-12(2)9(13)5-6(11)7-3-4-8(10)14-7/h3-4,6H,5,11H2,1-2H3. The Hall–Kier alpha value is -0.580. The zero-order valence-electron chi connectivity index (χ0n) is 8.16. The van der Waals surface area contributed by atoms with Crippen molar-refractivity contribution in [1.82, 2.24) is 4.90 Å². The lowest BCUT2D eigenvalue weighted by molar-refractivity contribution is -0.129. The van der Waals surface area contributed by atoms with Crippen LogP contribution in [0.2, 0.25) is 4.34 Å². The molecular formula is C9H13ClN2OS. The number of halogens is 1. The van der Waals surface area contributed by atoms with Crippen LogP contribution in [-0.4, -0.2) is 24.9 Å². The van der Waals surface area contributed by atoms with Gasteiger partial charge in [-0.05, 0) is 12.1 Å². The smallest absolute Gasteiger partial charge is 0.223 e. The molecule has 1 atom stereocenters. The molecular weight excluding hydrogens is 220 g/mol. The molecule has 78 valence electrons. The van der Waals surface area contributed by atoms with Gasteiger partial charge in [-0.25, -0.2) is 0 Å². The topological polar surface area (TPSA) is 46.3 Å². The molecule has 1 aromatic heterocycles. The van der Waals surface area contributed by atoms with E-state index in [2.05, 4.69) is 0 Å². The average Bonchev–Trinajstić information content (AvgIpc) is 2.51. The third-order valence-electron chi connectivity index (χ3n) is 1.85. The summed E-state index contributed by atoms with van der Waals surface area (Å²) in [7, 11) is 3.44. The number of carbonyl (C=O) groups excluding carboxylic acids is 1. The molecule has 1 heterocycles. The van der Waals surface area contributed by atoms with Gasteiger partial charge >= 0.3 is 0 Å². The minimum absolute atomic E-state index is 0.0297. The van der Waals surface area contributed by atoms with E-state index in [0.717, 1.165) is 4.88 Å². The van der Waals surface area contributed by atoms with Gasteiger partial charge in [0.1, 0.15) is 0 Å². The van der Waals surface area contributed by atoms with E-state index in [1.54, 1.807) is 20.2 Å². The van der Waals surface area contributed by atoms with E-state index in [-0.39, 0.29) is 11.9 Å². The summed E-state index contributed by atoms with van der Waals surface area (Å²) in [5.74, 6) is 0.0297. The van der Waals surface area contributed by atoms with Crippen molar-refractivity contribution in [2.24, 2.45) is 5.73 Å². The Kier molecular flexibility index (Phi) is 3.92. The number of thiophene rings is 1. The fourth-order valence-electron chi connectivity index (χ4n) is 0.999. The summed E-state index contributed by atoms with van der Waals surface area (Å²) in [6, 6.07) is 3.41. The Bertz CT molecular complexity index is 324. The molecule has 0 saturated carbocycles. The molecule has 0 radical (unpaired) electrons. The molecule has 3 nitrogen and oxygen atoms in total. The highest BCUT2D eigenvalue weighted by atomic mass is 35.5. The van der Waals surface area contributed by atoms with Gasteiger partial charge in [0.2, 0.25) is 5.91 Å². The van der Waals surface area contributed by atoms with Gasteiger partial charge in [-0.3, -0.25) is 4.79 Å². The lowest BCUT2D eigenvalue weighted by Crippen LogP contribution is -2.26. The molecule has 1 rings (SSSR count). The fourth-order valence-corrected chi connectivity index (χ4v) is 2.06. The molecule has 2 N–H and O–H groups in total. The van der Waals surface area contributed by atoms with Crippen molar-refractivity contribution in [3.63, 3.8) is 0 Å². The van der Waals surface area contributed by atoms with Gasteiger partial charge in [0.15, 0.2) is 0 Å². The van der Waals surface area contributed by atoms with E-state index < -0.39 is 0 Å². The molecule has 1 unspecified atom stereocenters. The summed E-state index contributed by atoms with van der Waals surface area (Å²) in [5.41, 5.74) is 5.85. The maximum absolute atomic E-state index is 11.4. The molecule has 14 heavy (non-hydrogen) atoms. The molecule has 5 heteroatoms. The Morgan fingerprint density at radius 3 is 2.71 bits per heavy atom. The van der Waals surface area contributed by atoms with Crippen molar-refractivity contribution in [3.8, 4) is 0 Å². The molecule has 1 aromatic rings. The number of nitrogens with zero attached hydrogens (tertiary/aromatic N) is 1. The minimum atomic E-state index is -0.248. The van der Waals surface area contributed by atoms with E-state index in [4.69, 9.17) is 17.3 Å². The van der Waals surface area contributed by atoms with Crippen LogP contribution in [0.5, 0.6) is 0 Å². The number of hydrogen-bond donors (Lipinski definition) is 1. The summed E-state index contributed by atoms with van der Waals surface area (Å²) in [6.45, 7) is 0. The van der Waals surface area contributed by atoms with Gasteiger partial charge in [-0.1, -0.05) is 11.6 Å². The lowest BCUT2D eigenvalue weighted by atomic mass is 10.2. The summed E-state index contributed by atoms with van der Waals surface area (Å²) in [5, 5.41) is 0. The van der Waals surface area contributed by atoms with Gasteiger partial charge in [-0.15, -0.1) is 11.3 Å². The van der Waals surface area contributed by atoms with Gasteiger partial charge < -0.3 is 10.6 Å². The maximum atomic E-state index is 11.4. The number of rotatable bonds is 3. The molecule has 0 fully saturated rings. The Morgan fingerprint density at radius 1 is 1.64 bits per heavy atom. The van der Waals surface area contributed by atoms with Crippen LogP contribution in [0, 0.1) is 0 Å². The third kappa shape index (κ3) is 2.97. The third-order valence-corrected chi connectivity index (χ3v) is 3.22. The van der Waals surface area contributed by atoms with Crippen LogP contribution in [0.3, 0.4) is 0 Å². The number of nitrogens with two attached hydrogens (primary N) is 1. The Balaban J connectivity index is 2.59. The van der Waals surface area contributed by atoms with Gasteiger partial charge in [-0.2, -0.15) is 0 Å². The van der Waals surface area contributed by atoms with E-state index in [1.807, 2.05) is 6.07 Å². The van der Waals surface area contributed by atoms with E-state index in [9.17, 15) is 4.79 Å². The van der Waals surface area contributed by atoms with Crippen molar-refractivity contribution in [3.05, 3.63) is 21.3 Å². The first-order valence-corrected chi connectivity index (χ1v) is 5.41. The molecule has 0 aliphatic rings. The van der Waals surface area contributed by atoms with Gasteiger partial charge in [0, 0.05) is 31.4 Å². The van der Waals surface area contributed by atoms with Crippen LogP contribution in [0.4, 0.5) is 0 Å². The quantitative estimate of drug-likeness (QED) is 0.865. The zero-order valence-corrected chi connectivity index (χ0v) is 9.73. The fraction of sp³-hybridized carbons (Fsp3) is 0.444. The number of amides is 1. The first-order chi connectivity index (χ1) is 6.50. The zero-order chi connectivity index (χ0) is 10.7. The largest absolute Gasteiger partial charge is 0.349 e. The van der Waals surface area contributed by atoms with Crippen molar-refractivity contribution in [2.75, 3.05) is 14.1 Å². The minimum Gasteiger partial charge on any atom is -0.349 e. The van der Waals surface area contributed by atoms with Crippen molar-refractivity contribution < 1.29 is 4.79 Å². The molecule has 0 bridgehead atoms. The normalized spacial score (nSPS) is 12.6.